The molecule has 11 heteroatoms. The summed E-state index contributed by atoms with van der Waals surface area (Å²) in [6.07, 6.45) is 1.63. The minimum atomic E-state index is -0.642. The number of nitrogens with one attached hydrogen (secondary N) is 3. The Balaban J connectivity index is 1.21. The average molecular weight is 750 g/mol. The number of benzene rings is 5. The third-order valence-corrected chi connectivity index (χ3v) is 10.3. The molecule has 0 aliphatic rings. The summed E-state index contributed by atoms with van der Waals surface area (Å²) in [6.45, 7) is 1.98. The molecule has 51 heavy (non-hydrogen) atoms. The van der Waals surface area contributed by atoms with Crippen molar-refractivity contribution in [3.8, 4) is 11.3 Å². The van der Waals surface area contributed by atoms with Crippen LogP contribution in [0.4, 0.5) is 10.8 Å². The summed E-state index contributed by atoms with van der Waals surface area (Å²) in [5, 5.41) is 11.2. The second-order valence-electron chi connectivity index (χ2n) is 11.3. The fourth-order valence-corrected chi connectivity index (χ4v) is 7.05. The standard InChI is InChI=1S/C40H30Cl2N4O3S2/c1-25-15-17-26(18-16-25)21-34(44-37(47)28-11-6-3-7-12-28)38(48)43-30-13-8-14-31(23-30)51-36(27-9-4-2-5-10-27)39(49)46-40-45-35(24-50-40)29-19-20-32(41)33(42)22-29/h2-24,36H,1H3,(H,43,48)(H,44,47)(H,45,46,49)/b34-21-. The summed E-state index contributed by atoms with van der Waals surface area (Å²) in [5.74, 6) is -1.17. The Labute approximate surface area is 313 Å². The summed E-state index contributed by atoms with van der Waals surface area (Å²) in [4.78, 5) is 45.9. The normalized spacial score (nSPS) is 11.8. The van der Waals surface area contributed by atoms with Crippen molar-refractivity contribution >= 4 is 80.9 Å². The van der Waals surface area contributed by atoms with Crippen molar-refractivity contribution in [2.45, 2.75) is 17.1 Å². The lowest BCUT2D eigenvalue weighted by molar-refractivity contribution is -0.116. The number of rotatable bonds is 11. The van der Waals surface area contributed by atoms with Gasteiger partial charge in [0.25, 0.3) is 11.8 Å². The highest BCUT2D eigenvalue weighted by Crippen LogP contribution is 2.38. The highest BCUT2D eigenvalue weighted by atomic mass is 35.5. The van der Waals surface area contributed by atoms with Crippen LogP contribution in [0, 0.1) is 6.92 Å². The first-order valence-corrected chi connectivity index (χ1v) is 18.2. The van der Waals surface area contributed by atoms with Crippen molar-refractivity contribution in [2.24, 2.45) is 0 Å². The Morgan fingerprint density at radius 1 is 0.784 bits per heavy atom. The van der Waals surface area contributed by atoms with E-state index in [1.165, 1.54) is 23.1 Å². The fraction of sp³-hybridized carbons (Fsp3) is 0.0500. The van der Waals surface area contributed by atoms with E-state index >= 15 is 0 Å². The van der Waals surface area contributed by atoms with Crippen molar-refractivity contribution < 1.29 is 14.4 Å². The molecule has 254 valence electrons. The molecule has 6 rings (SSSR count). The van der Waals surface area contributed by atoms with Crippen LogP contribution in [0.3, 0.4) is 0 Å². The van der Waals surface area contributed by atoms with Crippen LogP contribution < -0.4 is 16.0 Å². The fourth-order valence-electron chi connectivity index (χ4n) is 4.94. The molecule has 1 aromatic heterocycles. The Hall–Kier alpha value is -5.19. The third kappa shape index (κ3) is 9.53. The molecule has 1 heterocycles. The molecule has 0 saturated heterocycles. The zero-order valence-corrected chi connectivity index (χ0v) is 30.2. The summed E-state index contributed by atoms with van der Waals surface area (Å²) in [5.41, 5.74) is 5.06. The number of carbonyl (C=O) groups is 3. The van der Waals surface area contributed by atoms with Crippen LogP contribution in [0.2, 0.25) is 10.0 Å². The number of aromatic nitrogens is 1. The van der Waals surface area contributed by atoms with Gasteiger partial charge in [0.1, 0.15) is 10.9 Å². The van der Waals surface area contributed by atoms with Crippen molar-refractivity contribution in [2.75, 3.05) is 10.6 Å². The van der Waals surface area contributed by atoms with Crippen molar-refractivity contribution in [1.29, 1.82) is 0 Å². The second-order valence-corrected chi connectivity index (χ2v) is 14.2. The van der Waals surface area contributed by atoms with Gasteiger partial charge in [-0.15, -0.1) is 23.1 Å². The van der Waals surface area contributed by atoms with Gasteiger partial charge < -0.3 is 16.0 Å². The van der Waals surface area contributed by atoms with Crippen LogP contribution in [-0.2, 0) is 9.59 Å². The van der Waals surface area contributed by atoms with E-state index in [9.17, 15) is 14.4 Å². The predicted octanol–water partition coefficient (Wildman–Crippen LogP) is 10.3. The molecule has 7 nitrogen and oxygen atoms in total. The molecule has 1 atom stereocenters. The maximum Gasteiger partial charge on any atom is 0.272 e. The Morgan fingerprint density at radius 3 is 2.24 bits per heavy atom. The zero-order chi connectivity index (χ0) is 35.7. The third-order valence-electron chi connectivity index (χ3n) is 7.55. The highest BCUT2D eigenvalue weighted by molar-refractivity contribution is 8.00. The van der Waals surface area contributed by atoms with Gasteiger partial charge in [-0.25, -0.2) is 4.98 Å². The lowest BCUT2D eigenvalue weighted by Gasteiger charge is -2.17. The van der Waals surface area contributed by atoms with Crippen LogP contribution in [0.1, 0.15) is 32.3 Å². The van der Waals surface area contributed by atoms with E-state index in [1.807, 2.05) is 85.1 Å². The molecule has 6 aromatic rings. The molecular weight excluding hydrogens is 720 g/mol. The molecule has 0 aliphatic carbocycles. The minimum absolute atomic E-state index is 0.0796. The van der Waals surface area contributed by atoms with E-state index in [1.54, 1.807) is 60.7 Å². The van der Waals surface area contributed by atoms with Gasteiger partial charge in [-0.3, -0.25) is 14.4 Å². The van der Waals surface area contributed by atoms with Gasteiger partial charge in [-0.1, -0.05) is 114 Å². The van der Waals surface area contributed by atoms with E-state index in [0.29, 0.717) is 32.1 Å². The summed E-state index contributed by atoms with van der Waals surface area (Å²) >= 11 is 14.9. The predicted molar refractivity (Wildman–Crippen MR) is 209 cm³/mol. The topological polar surface area (TPSA) is 100 Å². The first kappa shape index (κ1) is 35.6. The van der Waals surface area contributed by atoms with Gasteiger partial charge in [0, 0.05) is 27.1 Å². The van der Waals surface area contributed by atoms with Crippen molar-refractivity contribution in [3.63, 3.8) is 0 Å². The quantitative estimate of drug-likeness (QED) is 0.0905. The monoisotopic (exact) mass is 748 g/mol. The number of thioether (sulfide) groups is 1. The molecule has 0 fully saturated rings. The van der Waals surface area contributed by atoms with Crippen molar-refractivity contribution in [1.82, 2.24) is 10.3 Å². The summed E-state index contributed by atoms with van der Waals surface area (Å²) in [7, 11) is 0. The van der Waals surface area contributed by atoms with Crippen LogP contribution in [0.25, 0.3) is 17.3 Å². The Bertz CT molecular complexity index is 2210. The highest BCUT2D eigenvalue weighted by Gasteiger charge is 2.24. The molecule has 3 N–H and O–H groups in total. The number of nitrogens with zero attached hydrogens (tertiary/aromatic N) is 1. The van der Waals surface area contributed by atoms with Crippen LogP contribution in [-0.4, -0.2) is 22.7 Å². The molecule has 0 aliphatic heterocycles. The second kappa shape index (κ2) is 16.7. The van der Waals surface area contributed by atoms with E-state index in [0.717, 1.165) is 27.1 Å². The lowest BCUT2D eigenvalue weighted by atomic mass is 10.1. The maximum atomic E-state index is 13.8. The van der Waals surface area contributed by atoms with E-state index in [2.05, 4.69) is 20.9 Å². The smallest absolute Gasteiger partial charge is 0.272 e. The zero-order valence-electron chi connectivity index (χ0n) is 27.1. The largest absolute Gasteiger partial charge is 0.321 e. The summed E-state index contributed by atoms with van der Waals surface area (Å²) in [6, 6.07) is 38.2. The Kier molecular flexibility index (Phi) is 11.7. The molecule has 0 radical (unpaired) electrons. The molecule has 0 spiro atoms. The number of aryl methyl sites for hydroxylation is 1. The number of carbonyl (C=O) groups excluding carboxylic acids is 3. The van der Waals surface area contributed by atoms with E-state index in [-0.39, 0.29) is 11.6 Å². The molecule has 1 unspecified atom stereocenters. The van der Waals surface area contributed by atoms with Crippen molar-refractivity contribution in [3.05, 3.63) is 171 Å². The van der Waals surface area contributed by atoms with Gasteiger partial charge in [-0.2, -0.15) is 0 Å². The first-order valence-electron chi connectivity index (χ1n) is 15.7. The van der Waals surface area contributed by atoms with Crippen LogP contribution in [0.5, 0.6) is 0 Å². The minimum Gasteiger partial charge on any atom is -0.321 e. The lowest BCUT2D eigenvalue weighted by Crippen LogP contribution is -2.30. The molecule has 3 amide bonds. The number of halogens is 2. The Morgan fingerprint density at radius 2 is 1.51 bits per heavy atom. The number of amides is 3. The maximum absolute atomic E-state index is 13.8. The summed E-state index contributed by atoms with van der Waals surface area (Å²) < 4.78 is 0. The van der Waals surface area contributed by atoms with Gasteiger partial charge in [0.15, 0.2) is 5.13 Å². The van der Waals surface area contributed by atoms with Gasteiger partial charge in [-0.05, 0) is 66.6 Å². The molecule has 0 bridgehead atoms. The van der Waals surface area contributed by atoms with Gasteiger partial charge in [0.05, 0.1) is 15.7 Å². The van der Waals surface area contributed by atoms with Crippen LogP contribution >= 0.6 is 46.3 Å². The number of hydrogen-bond donors (Lipinski definition) is 3. The van der Waals surface area contributed by atoms with Gasteiger partial charge in [0.2, 0.25) is 5.91 Å². The molecule has 5 aromatic carbocycles. The molecular formula is C40H30Cl2N4O3S2. The van der Waals surface area contributed by atoms with E-state index in [4.69, 9.17) is 23.2 Å². The van der Waals surface area contributed by atoms with Crippen LogP contribution in [0.15, 0.2) is 143 Å². The number of thiazole rings is 1. The average Bonchev–Trinajstić information content (AvgIpc) is 3.61. The number of hydrogen-bond acceptors (Lipinski definition) is 6. The SMILES string of the molecule is Cc1ccc(/C=C(\NC(=O)c2ccccc2)C(=O)Nc2cccc(SC(C(=O)Nc3nc(-c4ccc(Cl)c(Cl)c4)cs3)c3ccccc3)c2)cc1. The number of anilines is 2. The molecule has 0 saturated carbocycles. The van der Waals surface area contributed by atoms with E-state index < -0.39 is 17.1 Å². The van der Waals surface area contributed by atoms with Gasteiger partial charge >= 0.3 is 0 Å². The first-order chi connectivity index (χ1) is 24.7.